The molecule has 0 heterocycles. The Morgan fingerprint density at radius 2 is 1.92 bits per heavy atom. The molecule has 0 atom stereocenters. The van der Waals surface area contributed by atoms with Crippen LogP contribution in [0.4, 0.5) is 0 Å². The second-order valence-electron chi connectivity index (χ2n) is 4.24. The first kappa shape index (κ1) is 10.6. The molecule has 0 amide bonds. The lowest BCUT2D eigenvalue weighted by atomic mass is 9.84. The highest BCUT2D eigenvalue weighted by Crippen LogP contribution is 2.29. The molecule has 0 radical (unpaired) electrons. The van der Waals surface area contributed by atoms with E-state index in [1.165, 1.54) is 37.7 Å². The van der Waals surface area contributed by atoms with Crippen molar-refractivity contribution in [1.29, 1.82) is 0 Å². The second kappa shape index (κ2) is 5.26. The van der Waals surface area contributed by atoms with Gasteiger partial charge >= 0.3 is 0 Å². The van der Waals surface area contributed by atoms with Gasteiger partial charge in [0.2, 0.25) is 0 Å². The van der Waals surface area contributed by atoms with E-state index in [4.69, 9.17) is 0 Å². The van der Waals surface area contributed by atoms with E-state index in [9.17, 15) is 0 Å². The van der Waals surface area contributed by atoms with Gasteiger partial charge in [-0.15, -0.1) is 0 Å². The van der Waals surface area contributed by atoms with Crippen LogP contribution in [0.2, 0.25) is 0 Å². The average molecular weight is 178 g/mol. The van der Waals surface area contributed by atoms with E-state index < -0.39 is 0 Å². The van der Waals surface area contributed by atoms with Crippen molar-refractivity contribution in [2.45, 2.75) is 52.4 Å². The lowest BCUT2D eigenvalue weighted by molar-refractivity contribution is 0.403. The zero-order valence-electron chi connectivity index (χ0n) is 9.10. The smallest absolute Gasteiger partial charge is 0.0203 e. The summed E-state index contributed by atoms with van der Waals surface area (Å²) in [6.45, 7) is 8.48. The van der Waals surface area contributed by atoms with E-state index in [0.717, 1.165) is 12.3 Å². The van der Waals surface area contributed by atoms with Gasteiger partial charge in [-0.05, 0) is 32.1 Å². The minimum Gasteiger partial charge on any atom is -0.0958 e. The van der Waals surface area contributed by atoms with Gasteiger partial charge in [-0.3, -0.25) is 0 Å². The third-order valence-electron chi connectivity index (χ3n) is 3.14. The van der Waals surface area contributed by atoms with Gasteiger partial charge in [-0.25, -0.2) is 0 Å². The van der Waals surface area contributed by atoms with Crippen molar-refractivity contribution in [3.05, 3.63) is 23.8 Å². The first-order valence-electron chi connectivity index (χ1n) is 5.60. The maximum atomic E-state index is 4.03. The predicted octanol–water partition coefficient (Wildman–Crippen LogP) is 4.48. The van der Waals surface area contributed by atoms with Crippen LogP contribution in [0, 0.1) is 5.92 Å². The summed E-state index contributed by atoms with van der Waals surface area (Å²) >= 11 is 0. The molecule has 0 aromatic rings. The summed E-state index contributed by atoms with van der Waals surface area (Å²) in [7, 11) is 0. The molecule has 0 aliphatic heterocycles. The number of hydrogen-bond donors (Lipinski definition) is 0. The molecule has 0 heteroatoms. The molecule has 0 unspecified atom stereocenters. The largest absolute Gasteiger partial charge is 0.0958 e. The zero-order valence-corrected chi connectivity index (χ0v) is 9.10. The lowest BCUT2D eigenvalue weighted by Crippen LogP contribution is -2.07. The van der Waals surface area contributed by atoms with Crippen molar-refractivity contribution in [1.82, 2.24) is 0 Å². The van der Waals surface area contributed by atoms with Gasteiger partial charge in [0.15, 0.2) is 0 Å². The molecule has 13 heavy (non-hydrogen) atoms. The molecular weight excluding hydrogens is 156 g/mol. The third-order valence-corrected chi connectivity index (χ3v) is 3.14. The molecule has 0 saturated heterocycles. The van der Waals surface area contributed by atoms with E-state index in [2.05, 4.69) is 26.5 Å². The third kappa shape index (κ3) is 3.38. The van der Waals surface area contributed by atoms with E-state index in [0.29, 0.717) is 0 Å². The quantitative estimate of drug-likeness (QED) is 0.559. The molecule has 74 valence electrons. The number of hydrogen-bond acceptors (Lipinski definition) is 0. The number of allylic oxidation sites excluding steroid dienone is 3. The van der Waals surface area contributed by atoms with Crippen LogP contribution in [0.25, 0.3) is 0 Å². The Kier molecular flexibility index (Phi) is 4.27. The van der Waals surface area contributed by atoms with Crippen LogP contribution in [0.3, 0.4) is 0 Å². The minimum atomic E-state index is 0.858. The molecular formula is C13H22. The van der Waals surface area contributed by atoms with Gasteiger partial charge in [0.05, 0.1) is 0 Å². The fourth-order valence-electron chi connectivity index (χ4n) is 2.10. The highest BCUT2D eigenvalue weighted by Gasteiger charge is 2.14. The summed E-state index contributed by atoms with van der Waals surface area (Å²) in [4.78, 5) is 0. The van der Waals surface area contributed by atoms with Crippen LogP contribution in [-0.4, -0.2) is 0 Å². The Morgan fingerprint density at radius 1 is 1.31 bits per heavy atom. The standard InChI is InChI=1S/C13H22/c1-4-11(2)10-12(3)13-8-6-5-7-9-13/h10,13H,2,4-9H2,1,3H3/b12-10+. The summed E-state index contributed by atoms with van der Waals surface area (Å²) in [6.07, 6.45) is 10.5. The van der Waals surface area contributed by atoms with Crippen molar-refractivity contribution in [3.8, 4) is 0 Å². The van der Waals surface area contributed by atoms with Gasteiger partial charge in [0, 0.05) is 0 Å². The van der Waals surface area contributed by atoms with Crippen LogP contribution in [0.1, 0.15) is 52.4 Å². The van der Waals surface area contributed by atoms with Gasteiger partial charge < -0.3 is 0 Å². The fourth-order valence-corrected chi connectivity index (χ4v) is 2.10. The SMILES string of the molecule is C=C(/C=C(\C)C1CCCCC1)CC. The van der Waals surface area contributed by atoms with Gasteiger partial charge in [-0.1, -0.05) is 50.0 Å². The minimum absolute atomic E-state index is 0.858. The van der Waals surface area contributed by atoms with E-state index in [1.807, 2.05) is 0 Å². The Bertz CT molecular complexity index is 192. The maximum Gasteiger partial charge on any atom is -0.0203 e. The summed E-state index contributed by atoms with van der Waals surface area (Å²) in [5.41, 5.74) is 2.84. The van der Waals surface area contributed by atoms with Gasteiger partial charge in [0.25, 0.3) is 0 Å². The molecule has 0 bridgehead atoms. The lowest BCUT2D eigenvalue weighted by Gasteiger charge is -2.22. The van der Waals surface area contributed by atoms with Crippen LogP contribution in [0.5, 0.6) is 0 Å². The summed E-state index contributed by atoms with van der Waals surface area (Å²) in [5, 5.41) is 0. The molecule has 0 N–H and O–H groups in total. The molecule has 0 aromatic heterocycles. The summed E-state index contributed by atoms with van der Waals surface area (Å²) < 4.78 is 0. The first-order chi connectivity index (χ1) is 6.24. The molecule has 1 aliphatic carbocycles. The molecule has 1 saturated carbocycles. The first-order valence-corrected chi connectivity index (χ1v) is 5.60. The normalized spacial score (nSPS) is 20.3. The molecule has 0 aromatic carbocycles. The van der Waals surface area contributed by atoms with Crippen molar-refractivity contribution < 1.29 is 0 Å². The Hall–Kier alpha value is -0.520. The van der Waals surface area contributed by atoms with Crippen LogP contribution >= 0.6 is 0 Å². The Balaban J connectivity index is 2.49. The highest BCUT2D eigenvalue weighted by molar-refractivity contribution is 5.20. The molecule has 1 aliphatic rings. The average Bonchev–Trinajstić information content (AvgIpc) is 2.19. The van der Waals surface area contributed by atoms with Gasteiger partial charge in [-0.2, -0.15) is 0 Å². The van der Waals surface area contributed by atoms with Crippen LogP contribution in [0.15, 0.2) is 23.8 Å². The monoisotopic (exact) mass is 178 g/mol. The topological polar surface area (TPSA) is 0 Å². The summed E-state index contributed by atoms with van der Waals surface area (Å²) in [5.74, 6) is 0.858. The zero-order chi connectivity index (χ0) is 9.68. The van der Waals surface area contributed by atoms with Crippen molar-refractivity contribution >= 4 is 0 Å². The van der Waals surface area contributed by atoms with Crippen LogP contribution < -0.4 is 0 Å². The number of rotatable bonds is 3. The fraction of sp³-hybridized carbons (Fsp3) is 0.692. The van der Waals surface area contributed by atoms with Crippen molar-refractivity contribution in [2.75, 3.05) is 0 Å². The van der Waals surface area contributed by atoms with Gasteiger partial charge in [0.1, 0.15) is 0 Å². The molecule has 1 rings (SSSR count). The molecule has 0 nitrogen and oxygen atoms in total. The predicted molar refractivity (Wildman–Crippen MR) is 59.8 cm³/mol. The Morgan fingerprint density at radius 3 is 2.46 bits per heavy atom. The van der Waals surface area contributed by atoms with E-state index >= 15 is 0 Å². The van der Waals surface area contributed by atoms with Crippen molar-refractivity contribution in [2.24, 2.45) is 5.92 Å². The highest BCUT2D eigenvalue weighted by atomic mass is 14.2. The van der Waals surface area contributed by atoms with E-state index in [-0.39, 0.29) is 0 Å². The summed E-state index contributed by atoms with van der Waals surface area (Å²) in [6, 6.07) is 0. The molecule has 0 spiro atoms. The maximum absolute atomic E-state index is 4.03. The second-order valence-corrected chi connectivity index (χ2v) is 4.24. The molecule has 1 fully saturated rings. The Labute approximate surface area is 82.7 Å². The van der Waals surface area contributed by atoms with Crippen LogP contribution in [-0.2, 0) is 0 Å². The van der Waals surface area contributed by atoms with Crippen molar-refractivity contribution in [3.63, 3.8) is 0 Å². The van der Waals surface area contributed by atoms with E-state index in [1.54, 1.807) is 5.57 Å².